The highest BCUT2D eigenvalue weighted by atomic mass is 16.1. The van der Waals surface area contributed by atoms with Gasteiger partial charge in [-0.1, -0.05) is 6.92 Å². The maximum absolute atomic E-state index is 13.0. The normalized spacial score (nSPS) is 14.3. The molecule has 0 aliphatic carbocycles. The van der Waals surface area contributed by atoms with E-state index in [1.807, 2.05) is 43.7 Å². The Morgan fingerprint density at radius 1 is 1.29 bits per heavy atom. The Kier molecular flexibility index (Phi) is 5.26. The number of aromatic nitrogens is 1. The average Bonchev–Trinajstić information content (AvgIpc) is 3.09. The second-order valence-electron chi connectivity index (χ2n) is 6.42. The van der Waals surface area contributed by atoms with Gasteiger partial charge in [0.25, 0.3) is 0 Å². The van der Waals surface area contributed by atoms with E-state index in [4.69, 9.17) is 0 Å². The van der Waals surface area contributed by atoms with Gasteiger partial charge in [0.05, 0.1) is 6.04 Å². The summed E-state index contributed by atoms with van der Waals surface area (Å²) in [6.07, 6.45) is 6.38. The van der Waals surface area contributed by atoms with Crippen LogP contribution in [0.4, 0.5) is 5.69 Å². The van der Waals surface area contributed by atoms with Crippen LogP contribution in [-0.4, -0.2) is 41.8 Å². The highest BCUT2D eigenvalue weighted by molar-refractivity contribution is 6.00. The van der Waals surface area contributed by atoms with Crippen LogP contribution in [0, 0.1) is 0 Å². The lowest BCUT2D eigenvalue weighted by Crippen LogP contribution is -2.39. The van der Waals surface area contributed by atoms with Gasteiger partial charge in [0.2, 0.25) is 0 Å². The molecule has 2 aromatic rings. The molecule has 1 aromatic heterocycles. The number of rotatable bonds is 7. The number of hydrogen-bond acceptors (Lipinski definition) is 4. The highest BCUT2D eigenvalue weighted by Gasteiger charge is 2.23. The maximum Gasteiger partial charge on any atom is 0.179 e. The summed E-state index contributed by atoms with van der Waals surface area (Å²) in [6, 6.07) is 10.1. The zero-order valence-corrected chi connectivity index (χ0v) is 14.5. The van der Waals surface area contributed by atoms with Crippen LogP contribution >= 0.6 is 0 Å². The van der Waals surface area contributed by atoms with Crippen LogP contribution in [0.2, 0.25) is 0 Å². The summed E-state index contributed by atoms with van der Waals surface area (Å²) < 4.78 is 0. The summed E-state index contributed by atoms with van der Waals surface area (Å²) in [5.74, 6) is 0.226. The molecule has 0 amide bonds. The Labute approximate surface area is 143 Å². The predicted octanol–water partition coefficient (Wildman–Crippen LogP) is 3.19. The van der Waals surface area contributed by atoms with Crippen molar-refractivity contribution < 1.29 is 4.79 Å². The van der Waals surface area contributed by atoms with E-state index in [2.05, 4.69) is 28.2 Å². The molecule has 126 valence electrons. The van der Waals surface area contributed by atoms with Crippen molar-refractivity contribution >= 4 is 11.5 Å². The van der Waals surface area contributed by atoms with Crippen molar-refractivity contribution in [1.29, 1.82) is 0 Å². The average molecular weight is 323 g/mol. The molecular weight excluding hydrogens is 298 g/mol. The molecule has 0 saturated heterocycles. The molecular formula is C20H25N3O. The Morgan fingerprint density at radius 3 is 2.83 bits per heavy atom. The van der Waals surface area contributed by atoms with Crippen LogP contribution in [0.1, 0.15) is 34.8 Å². The minimum absolute atomic E-state index is 0.0701. The first-order chi connectivity index (χ1) is 11.7. The number of nitrogens with one attached hydrogen (secondary N) is 1. The predicted molar refractivity (Wildman–Crippen MR) is 97.6 cm³/mol. The number of carbonyl (C=O) groups is 1. The van der Waals surface area contributed by atoms with E-state index in [1.165, 1.54) is 16.8 Å². The first kappa shape index (κ1) is 16.7. The van der Waals surface area contributed by atoms with Gasteiger partial charge in [0, 0.05) is 36.7 Å². The van der Waals surface area contributed by atoms with Crippen molar-refractivity contribution in [1.82, 2.24) is 9.88 Å². The van der Waals surface area contributed by atoms with Gasteiger partial charge < -0.3 is 5.32 Å². The van der Waals surface area contributed by atoms with E-state index >= 15 is 0 Å². The van der Waals surface area contributed by atoms with Gasteiger partial charge in [-0.25, -0.2) is 0 Å². The number of fused-ring (bicyclic) bond motifs is 1. The van der Waals surface area contributed by atoms with Crippen LogP contribution in [0.3, 0.4) is 0 Å². The van der Waals surface area contributed by atoms with Crippen LogP contribution in [0.15, 0.2) is 42.7 Å². The smallest absolute Gasteiger partial charge is 0.179 e. The SMILES string of the molecule is CCC(C(=O)c1ccc2c(c1)CCN2)N(C)CCc1ccncc1. The third kappa shape index (κ3) is 3.65. The van der Waals surface area contributed by atoms with Gasteiger partial charge in [0.1, 0.15) is 0 Å². The first-order valence-corrected chi connectivity index (χ1v) is 8.69. The monoisotopic (exact) mass is 323 g/mol. The topological polar surface area (TPSA) is 45.2 Å². The summed E-state index contributed by atoms with van der Waals surface area (Å²) in [4.78, 5) is 19.2. The molecule has 4 heteroatoms. The summed E-state index contributed by atoms with van der Waals surface area (Å²) in [7, 11) is 2.04. The first-order valence-electron chi connectivity index (χ1n) is 8.69. The van der Waals surface area contributed by atoms with Crippen LogP contribution in [0.5, 0.6) is 0 Å². The molecule has 0 bridgehead atoms. The van der Waals surface area contributed by atoms with E-state index < -0.39 is 0 Å². The number of hydrogen-bond donors (Lipinski definition) is 1. The number of ketones is 1. The fourth-order valence-corrected chi connectivity index (χ4v) is 3.36. The van der Waals surface area contributed by atoms with Crippen LogP contribution < -0.4 is 5.32 Å². The minimum Gasteiger partial charge on any atom is -0.384 e. The van der Waals surface area contributed by atoms with E-state index in [0.29, 0.717) is 0 Å². The molecule has 3 rings (SSSR count). The number of nitrogens with zero attached hydrogens (tertiary/aromatic N) is 2. The fraction of sp³-hybridized carbons (Fsp3) is 0.400. The molecule has 1 aromatic carbocycles. The largest absolute Gasteiger partial charge is 0.384 e. The van der Waals surface area contributed by atoms with Crippen molar-refractivity contribution in [2.75, 3.05) is 25.5 Å². The highest BCUT2D eigenvalue weighted by Crippen LogP contribution is 2.24. The van der Waals surface area contributed by atoms with Crippen molar-refractivity contribution in [2.45, 2.75) is 32.2 Å². The summed E-state index contributed by atoms with van der Waals surface area (Å²) >= 11 is 0. The molecule has 0 fully saturated rings. The Balaban J connectivity index is 1.67. The summed E-state index contributed by atoms with van der Waals surface area (Å²) in [5.41, 5.74) is 4.52. The van der Waals surface area contributed by atoms with Crippen molar-refractivity contribution in [3.63, 3.8) is 0 Å². The Bertz CT molecular complexity index is 699. The van der Waals surface area contributed by atoms with Crippen molar-refractivity contribution in [3.05, 3.63) is 59.4 Å². The molecule has 1 aliphatic rings. The molecule has 2 heterocycles. The van der Waals surface area contributed by atoms with Gasteiger partial charge in [-0.3, -0.25) is 14.7 Å². The lowest BCUT2D eigenvalue weighted by Gasteiger charge is -2.26. The summed E-state index contributed by atoms with van der Waals surface area (Å²) in [5, 5.41) is 3.34. The van der Waals surface area contributed by atoms with E-state index in [-0.39, 0.29) is 11.8 Å². The zero-order valence-electron chi connectivity index (χ0n) is 14.5. The molecule has 1 N–H and O–H groups in total. The van der Waals surface area contributed by atoms with Crippen molar-refractivity contribution in [2.24, 2.45) is 0 Å². The van der Waals surface area contributed by atoms with Crippen LogP contribution in [-0.2, 0) is 12.8 Å². The molecule has 1 aliphatic heterocycles. The van der Waals surface area contributed by atoms with E-state index in [0.717, 1.165) is 37.9 Å². The molecule has 0 radical (unpaired) electrons. The molecule has 4 nitrogen and oxygen atoms in total. The quantitative estimate of drug-likeness (QED) is 0.795. The number of benzene rings is 1. The standard InChI is InChI=1S/C20H25N3O/c1-3-19(23(2)13-9-15-6-10-21-11-7-15)20(24)17-4-5-18-16(14-17)8-12-22-18/h4-7,10-11,14,19,22H,3,8-9,12-13H2,1-2H3. The van der Waals surface area contributed by atoms with E-state index in [9.17, 15) is 4.79 Å². The maximum atomic E-state index is 13.0. The van der Waals surface area contributed by atoms with Gasteiger partial charge in [-0.2, -0.15) is 0 Å². The third-order valence-corrected chi connectivity index (χ3v) is 4.82. The zero-order chi connectivity index (χ0) is 16.9. The third-order valence-electron chi connectivity index (χ3n) is 4.82. The van der Waals surface area contributed by atoms with Gasteiger partial charge >= 0.3 is 0 Å². The lowest BCUT2D eigenvalue weighted by molar-refractivity contribution is 0.0847. The Morgan fingerprint density at radius 2 is 2.08 bits per heavy atom. The lowest BCUT2D eigenvalue weighted by atomic mass is 9.98. The Hall–Kier alpha value is -2.20. The number of carbonyl (C=O) groups excluding carboxylic acids is 1. The van der Waals surface area contributed by atoms with Gasteiger partial charge in [-0.15, -0.1) is 0 Å². The number of likely N-dealkylation sites (N-methyl/N-ethyl adjacent to an activating group) is 1. The molecule has 1 atom stereocenters. The molecule has 0 saturated carbocycles. The van der Waals surface area contributed by atoms with Gasteiger partial charge in [-0.05, 0) is 67.8 Å². The second-order valence-corrected chi connectivity index (χ2v) is 6.42. The number of anilines is 1. The van der Waals surface area contributed by atoms with Gasteiger partial charge in [0.15, 0.2) is 5.78 Å². The molecule has 1 unspecified atom stereocenters. The van der Waals surface area contributed by atoms with Crippen LogP contribution in [0.25, 0.3) is 0 Å². The fourth-order valence-electron chi connectivity index (χ4n) is 3.36. The molecule has 24 heavy (non-hydrogen) atoms. The van der Waals surface area contributed by atoms with E-state index in [1.54, 1.807) is 0 Å². The minimum atomic E-state index is -0.0701. The second kappa shape index (κ2) is 7.58. The summed E-state index contributed by atoms with van der Waals surface area (Å²) in [6.45, 7) is 3.91. The number of Topliss-reactive ketones (excluding diaryl/α,β-unsaturated/α-hetero) is 1. The number of pyridine rings is 1. The molecule has 0 spiro atoms. The van der Waals surface area contributed by atoms with Crippen molar-refractivity contribution in [3.8, 4) is 0 Å².